The van der Waals surface area contributed by atoms with Gasteiger partial charge in [0.2, 0.25) is 5.01 Å². The molecule has 0 aliphatic heterocycles. The molecule has 0 radical (unpaired) electrons. The third-order valence-corrected chi connectivity index (χ3v) is 4.21. The highest BCUT2D eigenvalue weighted by molar-refractivity contribution is 7.13. The Hall–Kier alpha value is -1.82. The molecule has 2 aromatic rings. The minimum atomic E-state index is -0.146. The average Bonchev–Trinajstić information content (AvgIpc) is 3.12. The topological polar surface area (TPSA) is 67.8 Å². The second-order valence-corrected chi connectivity index (χ2v) is 5.99. The van der Waals surface area contributed by atoms with Gasteiger partial charge < -0.3 is 5.32 Å². The van der Waals surface area contributed by atoms with Gasteiger partial charge in [0.25, 0.3) is 5.91 Å². The van der Waals surface area contributed by atoms with Crippen LogP contribution < -0.4 is 5.32 Å². The van der Waals surface area contributed by atoms with E-state index in [0.29, 0.717) is 11.6 Å². The van der Waals surface area contributed by atoms with Gasteiger partial charge in [-0.3, -0.25) is 9.78 Å². The molecule has 1 fully saturated rings. The minimum Gasteiger partial charge on any atom is -0.349 e. The number of pyridine rings is 1. The van der Waals surface area contributed by atoms with Crippen LogP contribution >= 0.6 is 11.3 Å². The van der Waals surface area contributed by atoms with Crippen molar-refractivity contribution in [1.29, 1.82) is 0 Å². The SMILES string of the molecule is Cc1nnc(C(=O)NCC2(c3ccccn3)CC2)s1. The van der Waals surface area contributed by atoms with Crippen molar-refractivity contribution in [3.05, 3.63) is 40.1 Å². The number of hydrogen-bond acceptors (Lipinski definition) is 5. The van der Waals surface area contributed by atoms with Crippen molar-refractivity contribution in [2.45, 2.75) is 25.2 Å². The highest BCUT2D eigenvalue weighted by atomic mass is 32.1. The van der Waals surface area contributed by atoms with Gasteiger partial charge >= 0.3 is 0 Å². The molecule has 2 aromatic heterocycles. The first-order chi connectivity index (χ1) is 9.20. The van der Waals surface area contributed by atoms with Crippen LogP contribution in [0.2, 0.25) is 0 Å². The van der Waals surface area contributed by atoms with Crippen LogP contribution in [0.3, 0.4) is 0 Å². The fourth-order valence-electron chi connectivity index (χ4n) is 2.06. The van der Waals surface area contributed by atoms with Crippen molar-refractivity contribution in [2.24, 2.45) is 0 Å². The first kappa shape index (κ1) is 12.2. The summed E-state index contributed by atoms with van der Waals surface area (Å²) in [4.78, 5) is 16.3. The monoisotopic (exact) mass is 274 g/mol. The van der Waals surface area contributed by atoms with Gasteiger partial charge in [-0.05, 0) is 31.9 Å². The molecule has 0 unspecified atom stereocenters. The van der Waals surface area contributed by atoms with Crippen LogP contribution in [0, 0.1) is 6.92 Å². The predicted molar refractivity (Wildman–Crippen MR) is 72.1 cm³/mol. The molecule has 1 N–H and O–H groups in total. The van der Waals surface area contributed by atoms with E-state index in [9.17, 15) is 4.79 Å². The lowest BCUT2D eigenvalue weighted by atomic mass is 10.0. The van der Waals surface area contributed by atoms with Gasteiger partial charge in [0.15, 0.2) is 0 Å². The zero-order valence-corrected chi connectivity index (χ0v) is 11.4. The van der Waals surface area contributed by atoms with Crippen molar-refractivity contribution < 1.29 is 4.79 Å². The molecule has 0 spiro atoms. The molecular formula is C13H14N4OS. The molecule has 3 rings (SSSR count). The molecule has 0 aromatic carbocycles. The Labute approximate surface area is 115 Å². The number of aromatic nitrogens is 3. The van der Waals surface area contributed by atoms with Crippen molar-refractivity contribution >= 4 is 17.2 Å². The lowest BCUT2D eigenvalue weighted by Crippen LogP contribution is -2.32. The summed E-state index contributed by atoms with van der Waals surface area (Å²) in [6, 6.07) is 5.91. The summed E-state index contributed by atoms with van der Waals surface area (Å²) in [5, 5.41) is 11.9. The van der Waals surface area contributed by atoms with Crippen LogP contribution in [0.5, 0.6) is 0 Å². The summed E-state index contributed by atoms with van der Waals surface area (Å²) >= 11 is 1.31. The predicted octanol–water partition coefficient (Wildman–Crippen LogP) is 1.70. The third kappa shape index (κ3) is 2.49. The summed E-state index contributed by atoms with van der Waals surface area (Å²) in [7, 11) is 0. The molecule has 5 nitrogen and oxygen atoms in total. The quantitative estimate of drug-likeness (QED) is 0.921. The number of rotatable bonds is 4. The molecule has 98 valence electrons. The van der Waals surface area contributed by atoms with Crippen molar-refractivity contribution in [3.63, 3.8) is 0 Å². The maximum Gasteiger partial charge on any atom is 0.282 e. The first-order valence-electron chi connectivity index (χ1n) is 6.19. The van der Waals surface area contributed by atoms with Crippen LogP contribution in [0.1, 0.15) is 33.3 Å². The Morgan fingerprint density at radius 3 is 2.84 bits per heavy atom. The second-order valence-electron chi connectivity index (χ2n) is 4.80. The number of aryl methyl sites for hydroxylation is 1. The summed E-state index contributed by atoms with van der Waals surface area (Å²) in [6.45, 7) is 2.45. The Kier molecular flexibility index (Phi) is 3.02. The fraction of sp³-hybridized carbons (Fsp3) is 0.385. The fourth-order valence-corrected chi connectivity index (χ4v) is 2.67. The Morgan fingerprint density at radius 1 is 1.42 bits per heavy atom. The van der Waals surface area contributed by atoms with E-state index in [-0.39, 0.29) is 11.3 Å². The van der Waals surface area contributed by atoms with Crippen LogP contribution in [0.4, 0.5) is 0 Å². The van der Waals surface area contributed by atoms with Crippen LogP contribution in [0.15, 0.2) is 24.4 Å². The van der Waals surface area contributed by atoms with E-state index in [2.05, 4.69) is 20.5 Å². The zero-order chi connectivity index (χ0) is 13.3. The first-order valence-corrected chi connectivity index (χ1v) is 7.01. The van der Waals surface area contributed by atoms with Gasteiger partial charge in [0.05, 0.1) is 0 Å². The Balaban J connectivity index is 1.65. The second kappa shape index (κ2) is 4.70. The highest BCUT2D eigenvalue weighted by Gasteiger charge is 2.45. The molecule has 1 amide bonds. The van der Waals surface area contributed by atoms with Gasteiger partial charge in [0.1, 0.15) is 5.01 Å². The molecule has 1 aliphatic carbocycles. The lowest BCUT2D eigenvalue weighted by molar-refractivity contribution is 0.0948. The number of carbonyl (C=O) groups excluding carboxylic acids is 1. The summed E-state index contributed by atoms with van der Waals surface area (Å²) in [6.07, 6.45) is 3.93. The largest absolute Gasteiger partial charge is 0.349 e. The number of carbonyl (C=O) groups is 1. The molecule has 0 bridgehead atoms. The van der Waals surface area contributed by atoms with Gasteiger partial charge in [-0.25, -0.2) is 0 Å². The molecular weight excluding hydrogens is 260 g/mol. The molecule has 6 heteroatoms. The van der Waals surface area contributed by atoms with Crippen molar-refractivity contribution in [2.75, 3.05) is 6.54 Å². The number of nitrogens with one attached hydrogen (secondary N) is 1. The van der Waals surface area contributed by atoms with Gasteiger partial charge in [0, 0.05) is 23.9 Å². The summed E-state index contributed by atoms with van der Waals surface area (Å²) < 4.78 is 0. The van der Waals surface area contributed by atoms with Crippen LogP contribution in [0.25, 0.3) is 0 Å². The minimum absolute atomic E-state index is 0.0245. The molecule has 1 aliphatic rings. The Morgan fingerprint density at radius 2 is 2.26 bits per heavy atom. The molecule has 2 heterocycles. The zero-order valence-electron chi connectivity index (χ0n) is 10.6. The maximum atomic E-state index is 11.9. The number of nitrogens with zero attached hydrogens (tertiary/aromatic N) is 3. The summed E-state index contributed by atoms with van der Waals surface area (Å²) in [5.41, 5.74) is 1.08. The van der Waals surface area contributed by atoms with E-state index in [1.54, 1.807) is 6.20 Å². The summed E-state index contributed by atoms with van der Waals surface area (Å²) in [5.74, 6) is -0.146. The molecule has 1 saturated carbocycles. The maximum absolute atomic E-state index is 11.9. The van der Waals surface area contributed by atoms with E-state index in [1.807, 2.05) is 25.1 Å². The average molecular weight is 274 g/mol. The molecule has 0 atom stereocenters. The smallest absolute Gasteiger partial charge is 0.282 e. The van der Waals surface area contributed by atoms with E-state index in [1.165, 1.54) is 11.3 Å². The Bertz CT molecular complexity index is 592. The van der Waals surface area contributed by atoms with Gasteiger partial charge in [-0.15, -0.1) is 10.2 Å². The van der Waals surface area contributed by atoms with Crippen molar-refractivity contribution in [3.8, 4) is 0 Å². The highest BCUT2D eigenvalue weighted by Crippen LogP contribution is 2.46. The number of amides is 1. The molecule has 0 saturated heterocycles. The van der Waals surface area contributed by atoms with E-state index in [4.69, 9.17) is 0 Å². The van der Waals surface area contributed by atoms with Crippen LogP contribution in [-0.4, -0.2) is 27.6 Å². The van der Waals surface area contributed by atoms with E-state index < -0.39 is 0 Å². The van der Waals surface area contributed by atoms with Crippen molar-refractivity contribution in [1.82, 2.24) is 20.5 Å². The lowest BCUT2D eigenvalue weighted by Gasteiger charge is -2.14. The van der Waals surface area contributed by atoms with E-state index >= 15 is 0 Å². The van der Waals surface area contributed by atoms with Gasteiger partial charge in [-0.2, -0.15) is 0 Å². The van der Waals surface area contributed by atoms with Gasteiger partial charge in [-0.1, -0.05) is 17.4 Å². The normalized spacial score (nSPS) is 16.1. The standard InChI is InChI=1S/C13H14N4OS/c1-9-16-17-12(19-9)11(18)15-8-13(5-6-13)10-4-2-3-7-14-10/h2-4,7H,5-6,8H2,1H3,(H,15,18). The van der Waals surface area contributed by atoms with E-state index in [0.717, 1.165) is 23.5 Å². The third-order valence-electron chi connectivity index (χ3n) is 3.37. The molecule has 19 heavy (non-hydrogen) atoms. The number of hydrogen-bond donors (Lipinski definition) is 1. The van der Waals surface area contributed by atoms with Crippen LogP contribution in [-0.2, 0) is 5.41 Å².